The first-order valence-electron chi connectivity index (χ1n) is 8.60. The zero-order valence-corrected chi connectivity index (χ0v) is 14.4. The fraction of sp³-hybridized carbons (Fsp3) is 0.143. The average molecular weight is 342 g/mol. The Bertz CT molecular complexity index is 996. The van der Waals surface area contributed by atoms with Gasteiger partial charge in [0.15, 0.2) is 0 Å². The molecular formula is C21H18N4O. The molecule has 0 radical (unpaired) electrons. The average Bonchev–Trinajstić information content (AvgIpc) is 3.12. The highest BCUT2D eigenvalue weighted by molar-refractivity contribution is 6.07. The minimum atomic E-state index is -0.197. The molecule has 26 heavy (non-hydrogen) atoms. The van der Waals surface area contributed by atoms with Crippen LogP contribution in [0.25, 0.3) is 0 Å². The lowest BCUT2D eigenvalue weighted by Crippen LogP contribution is -2.15. The predicted molar refractivity (Wildman–Crippen MR) is 102 cm³/mol. The van der Waals surface area contributed by atoms with Crippen LogP contribution in [0.2, 0.25) is 0 Å². The molecule has 0 saturated carbocycles. The lowest BCUT2D eigenvalue weighted by molar-refractivity contribution is 0.102. The Hall–Kier alpha value is -3.34. The number of nitrogens with one attached hydrogen (secondary N) is 1. The maximum Gasteiger partial charge on any atom is 0.274 e. The van der Waals surface area contributed by atoms with Gasteiger partial charge in [0, 0.05) is 36.3 Å². The first-order chi connectivity index (χ1) is 12.7. The lowest BCUT2D eigenvalue weighted by atomic mass is 10.1. The smallest absolute Gasteiger partial charge is 0.274 e. The van der Waals surface area contributed by atoms with E-state index < -0.39 is 0 Å². The van der Waals surface area contributed by atoms with Gasteiger partial charge < -0.3 is 5.32 Å². The van der Waals surface area contributed by atoms with Gasteiger partial charge in [0.1, 0.15) is 5.69 Å². The Kier molecular flexibility index (Phi) is 4.27. The Morgan fingerprint density at radius 3 is 2.85 bits per heavy atom. The van der Waals surface area contributed by atoms with Crippen molar-refractivity contribution in [3.63, 3.8) is 0 Å². The minimum absolute atomic E-state index is 0.197. The number of pyridine rings is 2. The molecule has 2 aromatic heterocycles. The quantitative estimate of drug-likeness (QED) is 0.780. The minimum Gasteiger partial charge on any atom is -0.321 e. The third-order valence-electron chi connectivity index (χ3n) is 4.44. The molecule has 0 atom stereocenters. The van der Waals surface area contributed by atoms with Crippen molar-refractivity contribution in [3.8, 4) is 0 Å². The Labute approximate surface area is 151 Å². The van der Waals surface area contributed by atoms with Crippen LogP contribution < -0.4 is 5.32 Å². The number of anilines is 1. The number of fused-ring (bicyclic) bond motifs is 1. The van der Waals surface area contributed by atoms with Gasteiger partial charge in [-0.05, 0) is 41.8 Å². The number of aryl methyl sites for hydroxylation is 1. The first kappa shape index (κ1) is 16.1. The van der Waals surface area contributed by atoms with E-state index >= 15 is 0 Å². The van der Waals surface area contributed by atoms with Crippen molar-refractivity contribution in [2.24, 2.45) is 4.99 Å². The third-order valence-corrected chi connectivity index (χ3v) is 4.44. The molecule has 1 aliphatic rings. The van der Waals surface area contributed by atoms with Crippen molar-refractivity contribution >= 4 is 23.0 Å². The van der Waals surface area contributed by atoms with Gasteiger partial charge in [-0.15, -0.1) is 0 Å². The molecule has 3 aromatic rings. The monoisotopic (exact) mass is 342 g/mol. The van der Waals surface area contributed by atoms with Crippen LogP contribution in [0.4, 0.5) is 11.4 Å². The second kappa shape index (κ2) is 6.88. The summed E-state index contributed by atoms with van der Waals surface area (Å²) < 4.78 is 0. The van der Waals surface area contributed by atoms with Crippen LogP contribution in [0.1, 0.15) is 34.1 Å². The van der Waals surface area contributed by atoms with E-state index in [1.807, 2.05) is 55.6 Å². The van der Waals surface area contributed by atoms with E-state index in [9.17, 15) is 4.79 Å². The first-order valence-corrected chi connectivity index (χ1v) is 8.60. The number of nitrogens with zero attached hydrogens (tertiary/aromatic N) is 3. The summed E-state index contributed by atoms with van der Waals surface area (Å²) in [5, 5.41) is 2.93. The molecule has 0 fully saturated rings. The Balaban J connectivity index is 1.57. The molecule has 0 aliphatic carbocycles. The number of rotatable bonds is 4. The van der Waals surface area contributed by atoms with E-state index in [1.54, 1.807) is 12.4 Å². The normalized spacial score (nSPS) is 12.4. The van der Waals surface area contributed by atoms with Crippen molar-refractivity contribution in [2.45, 2.75) is 19.8 Å². The molecular weight excluding hydrogens is 324 g/mol. The van der Waals surface area contributed by atoms with Gasteiger partial charge in [-0.2, -0.15) is 0 Å². The van der Waals surface area contributed by atoms with Gasteiger partial charge in [0.05, 0.1) is 11.4 Å². The van der Waals surface area contributed by atoms with Gasteiger partial charge in [-0.25, -0.2) is 0 Å². The lowest BCUT2D eigenvalue weighted by Gasteiger charge is -2.08. The number of carbonyl (C=O) groups excluding carboxylic acids is 1. The highest BCUT2D eigenvalue weighted by Crippen LogP contribution is 2.31. The Morgan fingerprint density at radius 1 is 1.15 bits per heavy atom. The standard InChI is InChI=1S/C21H18N4O/c1-2-14-5-4-10-23-20(14)21(26)24-17-8-7-15-11-18(25-19(15)12-17)16-6-3-9-22-13-16/h3-10,12-13H,2,11H2,1H3,(H,24,26). The number of benzene rings is 1. The van der Waals surface area contributed by atoms with E-state index in [4.69, 9.17) is 4.99 Å². The Morgan fingerprint density at radius 2 is 2.04 bits per heavy atom. The number of aromatic nitrogens is 2. The van der Waals surface area contributed by atoms with E-state index in [1.165, 1.54) is 0 Å². The molecule has 128 valence electrons. The van der Waals surface area contributed by atoms with Crippen LogP contribution in [-0.4, -0.2) is 21.6 Å². The summed E-state index contributed by atoms with van der Waals surface area (Å²) in [7, 11) is 0. The predicted octanol–water partition coefficient (Wildman–Crippen LogP) is 3.97. The maximum atomic E-state index is 12.6. The van der Waals surface area contributed by atoms with Gasteiger partial charge in [0.2, 0.25) is 0 Å². The molecule has 1 N–H and O–H groups in total. The second-order valence-electron chi connectivity index (χ2n) is 6.14. The van der Waals surface area contributed by atoms with Crippen molar-refractivity contribution in [2.75, 3.05) is 5.32 Å². The summed E-state index contributed by atoms with van der Waals surface area (Å²) in [4.78, 5) is 25.6. The number of carbonyl (C=O) groups is 1. The van der Waals surface area contributed by atoms with Crippen LogP contribution in [0, 0.1) is 0 Å². The van der Waals surface area contributed by atoms with Crippen LogP contribution in [0.15, 0.2) is 66.0 Å². The molecule has 0 unspecified atom stereocenters. The molecule has 3 heterocycles. The van der Waals surface area contributed by atoms with Crippen LogP contribution in [0.3, 0.4) is 0 Å². The van der Waals surface area contributed by atoms with Gasteiger partial charge >= 0.3 is 0 Å². The fourth-order valence-electron chi connectivity index (χ4n) is 3.08. The summed E-state index contributed by atoms with van der Waals surface area (Å²) in [6, 6.07) is 13.5. The van der Waals surface area contributed by atoms with E-state index in [0.717, 1.165) is 46.6 Å². The summed E-state index contributed by atoms with van der Waals surface area (Å²) in [5.74, 6) is -0.197. The fourth-order valence-corrected chi connectivity index (χ4v) is 3.08. The largest absolute Gasteiger partial charge is 0.321 e. The molecule has 1 amide bonds. The molecule has 0 bridgehead atoms. The van der Waals surface area contributed by atoms with E-state index in [-0.39, 0.29) is 5.91 Å². The second-order valence-corrected chi connectivity index (χ2v) is 6.14. The molecule has 0 spiro atoms. The van der Waals surface area contributed by atoms with Gasteiger partial charge in [-0.1, -0.05) is 25.1 Å². The van der Waals surface area contributed by atoms with Gasteiger partial charge in [0.25, 0.3) is 5.91 Å². The number of amides is 1. The number of aliphatic imine (C=N–C) groups is 1. The molecule has 0 saturated heterocycles. The van der Waals surface area contributed by atoms with Gasteiger partial charge in [-0.3, -0.25) is 19.8 Å². The number of hydrogen-bond donors (Lipinski definition) is 1. The van der Waals surface area contributed by atoms with Crippen molar-refractivity contribution < 1.29 is 4.79 Å². The summed E-state index contributed by atoms with van der Waals surface area (Å²) >= 11 is 0. The van der Waals surface area contributed by atoms with Crippen molar-refractivity contribution in [3.05, 3.63) is 83.4 Å². The topological polar surface area (TPSA) is 67.2 Å². The zero-order chi connectivity index (χ0) is 17.9. The molecule has 4 rings (SSSR count). The van der Waals surface area contributed by atoms with Crippen LogP contribution >= 0.6 is 0 Å². The molecule has 5 nitrogen and oxygen atoms in total. The third kappa shape index (κ3) is 3.11. The van der Waals surface area contributed by atoms with Crippen LogP contribution in [-0.2, 0) is 12.8 Å². The highest BCUT2D eigenvalue weighted by Gasteiger charge is 2.18. The van der Waals surface area contributed by atoms with E-state index in [0.29, 0.717) is 5.69 Å². The maximum absolute atomic E-state index is 12.6. The summed E-state index contributed by atoms with van der Waals surface area (Å²) in [5.41, 5.74) is 6.17. The summed E-state index contributed by atoms with van der Waals surface area (Å²) in [6.07, 6.45) is 6.75. The SMILES string of the molecule is CCc1cccnc1C(=O)Nc1ccc2c(c1)N=C(c1cccnc1)C2. The van der Waals surface area contributed by atoms with Crippen molar-refractivity contribution in [1.29, 1.82) is 0 Å². The zero-order valence-electron chi connectivity index (χ0n) is 14.4. The molecule has 1 aromatic carbocycles. The molecule has 1 aliphatic heterocycles. The van der Waals surface area contributed by atoms with E-state index in [2.05, 4.69) is 15.3 Å². The molecule has 5 heteroatoms. The number of hydrogen-bond acceptors (Lipinski definition) is 4. The summed E-state index contributed by atoms with van der Waals surface area (Å²) in [6.45, 7) is 2.01. The van der Waals surface area contributed by atoms with Crippen molar-refractivity contribution in [1.82, 2.24) is 9.97 Å². The highest BCUT2D eigenvalue weighted by atomic mass is 16.1. The van der Waals surface area contributed by atoms with Crippen LogP contribution in [0.5, 0.6) is 0 Å².